The second-order valence-corrected chi connectivity index (χ2v) is 7.04. The summed E-state index contributed by atoms with van der Waals surface area (Å²) in [5, 5.41) is 4.42. The summed E-state index contributed by atoms with van der Waals surface area (Å²) in [5.41, 5.74) is 4.16. The van der Waals surface area contributed by atoms with Gasteiger partial charge in [-0.2, -0.15) is 0 Å². The first-order chi connectivity index (χ1) is 13.6. The van der Waals surface area contributed by atoms with Crippen molar-refractivity contribution in [2.24, 2.45) is 7.05 Å². The molecule has 6 heteroatoms. The molecule has 1 amide bonds. The molecule has 2 aromatic heterocycles. The molecule has 1 aromatic carbocycles. The van der Waals surface area contributed by atoms with Crippen LogP contribution in [0.5, 0.6) is 0 Å². The summed E-state index contributed by atoms with van der Waals surface area (Å²) < 4.78 is 7.67. The van der Waals surface area contributed by atoms with Gasteiger partial charge in [0.25, 0.3) is 0 Å². The second kappa shape index (κ2) is 7.86. The Morgan fingerprint density at radius 3 is 3.07 bits per heavy atom. The number of likely N-dealkylation sites (N-methyl/N-ethyl adjacent to an activating group) is 1. The summed E-state index contributed by atoms with van der Waals surface area (Å²) in [5.74, 6) is 0.809. The molecular weight excluding hydrogens is 352 g/mol. The van der Waals surface area contributed by atoms with E-state index in [1.807, 2.05) is 32.3 Å². The fourth-order valence-electron chi connectivity index (χ4n) is 3.43. The molecule has 0 aliphatic carbocycles. The number of para-hydroxylation sites is 1. The van der Waals surface area contributed by atoms with Crippen molar-refractivity contribution in [3.8, 4) is 0 Å². The number of benzene rings is 1. The minimum atomic E-state index is -0.0467. The monoisotopic (exact) mass is 376 g/mol. The number of aryl methyl sites for hydroxylation is 1. The van der Waals surface area contributed by atoms with Crippen molar-refractivity contribution in [3.63, 3.8) is 0 Å². The molecule has 0 atom stereocenters. The predicted molar refractivity (Wildman–Crippen MR) is 111 cm³/mol. The van der Waals surface area contributed by atoms with Crippen molar-refractivity contribution in [3.05, 3.63) is 65.5 Å². The van der Waals surface area contributed by atoms with E-state index in [0.29, 0.717) is 19.8 Å². The lowest BCUT2D eigenvalue weighted by atomic mass is 10.2. The molecular formula is C22H24N4O2. The van der Waals surface area contributed by atoms with E-state index in [-0.39, 0.29) is 5.91 Å². The van der Waals surface area contributed by atoms with Crippen LogP contribution < -0.4 is 5.32 Å². The quantitative estimate of drug-likeness (QED) is 0.711. The van der Waals surface area contributed by atoms with Crippen molar-refractivity contribution in [2.45, 2.75) is 13.2 Å². The predicted octanol–water partition coefficient (Wildman–Crippen LogP) is 3.19. The van der Waals surface area contributed by atoms with E-state index in [1.165, 1.54) is 10.9 Å². The maximum atomic E-state index is 12.6. The molecule has 0 saturated carbocycles. The average Bonchev–Trinajstić information content (AvgIpc) is 2.88. The van der Waals surface area contributed by atoms with Gasteiger partial charge in [0.2, 0.25) is 5.91 Å². The third kappa shape index (κ3) is 3.77. The Morgan fingerprint density at radius 1 is 1.36 bits per heavy atom. The number of nitrogens with zero attached hydrogens (tertiary/aromatic N) is 3. The Balaban J connectivity index is 1.45. The maximum Gasteiger partial charge on any atom is 0.246 e. The first kappa shape index (κ1) is 18.3. The van der Waals surface area contributed by atoms with E-state index in [9.17, 15) is 4.79 Å². The van der Waals surface area contributed by atoms with Gasteiger partial charge in [-0.05, 0) is 35.2 Å². The number of ether oxygens (including phenoxy) is 1. The Labute approximate surface area is 164 Å². The SMILES string of the molecule is CN(Cc1cc2ccccc2n1C)C(=O)C=Cc1cnc2c(c1)COCCN2. The lowest BCUT2D eigenvalue weighted by Gasteiger charge is -2.16. The molecule has 0 unspecified atom stereocenters. The van der Waals surface area contributed by atoms with Crippen LogP contribution in [0.1, 0.15) is 16.8 Å². The molecule has 0 spiro atoms. The Kier molecular flexibility index (Phi) is 5.12. The van der Waals surface area contributed by atoms with Gasteiger partial charge >= 0.3 is 0 Å². The number of anilines is 1. The molecule has 144 valence electrons. The highest BCUT2D eigenvalue weighted by atomic mass is 16.5. The molecule has 0 fully saturated rings. The zero-order valence-corrected chi connectivity index (χ0v) is 16.2. The molecule has 28 heavy (non-hydrogen) atoms. The van der Waals surface area contributed by atoms with Gasteiger partial charge in [-0.3, -0.25) is 4.79 Å². The molecule has 1 aliphatic rings. The van der Waals surface area contributed by atoms with Gasteiger partial charge in [-0.15, -0.1) is 0 Å². The van der Waals surface area contributed by atoms with Crippen LogP contribution in [0.25, 0.3) is 17.0 Å². The first-order valence-electron chi connectivity index (χ1n) is 9.39. The summed E-state index contributed by atoms with van der Waals surface area (Å²) in [6.07, 6.45) is 5.17. The third-order valence-electron chi connectivity index (χ3n) is 5.03. The van der Waals surface area contributed by atoms with Crippen LogP contribution >= 0.6 is 0 Å². The van der Waals surface area contributed by atoms with E-state index in [1.54, 1.807) is 23.2 Å². The zero-order valence-electron chi connectivity index (χ0n) is 16.2. The summed E-state index contributed by atoms with van der Waals surface area (Å²) >= 11 is 0. The summed E-state index contributed by atoms with van der Waals surface area (Å²) in [6, 6.07) is 12.4. The Morgan fingerprint density at radius 2 is 2.21 bits per heavy atom. The van der Waals surface area contributed by atoms with Crippen molar-refractivity contribution >= 4 is 28.7 Å². The van der Waals surface area contributed by atoms with E-state index < -0.39 is 0 Å². The number of carbonyl (C=O) groups excluding carboxylic acids is 1. The fraction of sp³-hybridized carbons (Fsp3) is 0.273. The van der Waals surface area contributed by atoms with Crippen LogP contribution in [-0.4, -0.2) is 40.6 Å². The Hall–Kier alpha value is -3.12. The van der Waals surface area contributed by atoms with Gasteiger partial charge in [-0.1, -0.05) is 18.2 Å². The first-order valence-corrected chi connectivity index (χ1v) is 9.39. The van der Waals surface area contributed by atoms with Crippen molar-refractivity contribution < 1.29 is 9.53 Å². The molecule has 4 rings (SSSR count). The molecule has 0 radical (unpaired) electrons. The summed E-state index contributed by atoms with van der Waals surface area (Å²) in [4.78, 5) is 18.7. The smallest absolute Gasteiger partial charge is 0.246 e. The number of hydrogen-bond acceptors (Lipinski definition) is 4. The van der Waals surface area contributed by atoms with Crippen molar-refractivity contribution in [1.29, 1.82) is 0 Å². The van der Waals surface area contributed by atoms with E-state index in [2.05, 4.69) is 33.1 Å². The fourth-order valence-corrected chi connectivity index (χ4v) is 3.43. The van der Waals surface area contributed by atoms with Crippen LogP contribution in [0, 0.1) is 0 Å². The third-order valence-corrected chi connectivity index (χ3v) is 5.03. The van der Waals surface area contributed by atoms with Crippen LogP contribution in [0.15, 0.2) is 48.7 Å². The van der Waals surface area contributed by atoms with Crippen LogP contribution in [-0.2, 0) is 29.7 Å². The summed E-state index contributed by atoms with van der Waals surface area (Å²) in [6.45, 7) is 2.51. The number of amides is 1. The minimum absolute atomic E-state index is 0.0467. The Bertz CT molecular complexity index is 1040. The number of hydrogen-bond donors (Lipinski definition) is 1. The molecule has 3 aromatic rings. The highest BCUT2D eigenvalue weighted by molar-refractivity contribution is 5.91. The van der Waals surface area contributed by atoms with Crippen LogP contribution in [0.3, 0.4) is 0 Å². The van der Waals surface area contributed by atoms with Crippen molar-refractivity contribution in [2.75, 3.05) is 25.5 Å². The normalized spacial score (nSPS) is 13.9. The van der Waals surface area contributed by atoms with Gasteiger partial charge in [0.1, 0.15) is 5.82 Å². The minimum Gasteiger partial charge on any atom is -0.375 e. The average molecular weight is 376 g/mol. The molecule has 6 nitrogen and oxygen atoms in total. The molecule has 0 bridgehead atoms. The number of rotatable bonds is 4. The lowest BCUT2D eigenvalue weighted by molar-refractivity contribution is -0.125. The molecule has 1 aliphatic heterocycles. The highest BCUT2D eigenvalue weighted by Crippen LogP contribution is 2.20. The van der Waals surface area contributed by atoms with Gasteiger partial charge < -0.3 is 19.5 Å². The van der Waals surface area contributed by atoms with Gasteiger partial charge in [0.05, 0.1) is 19.8 Å². The molecule has 1 N–H and O–H groups in total. The van der Waals surface area contributed by atoms with Crippen molar-refractivity contribution in [1.82, 2.24) is 14.5 Å². The van der Waals surface area contributed by atoms with Crippen LogP contribution in [0.2, 0.25) is 0 Å². The number of carbonyl (C=O) groups is 1. The largest absolute Gasteiger partial charge is 0.375 e. The summed E-state index contributed by atoms with van der Waals surface area (Å²) in [7, 11) is 3.85. The number of aromatic nitrogens is 2. The topological polar surface area (TPSA) is 59.4 Å². The second-order valence-electron chi connectivity index (χ2n) is 7.04. The molecule has 0 saturated heterocycles. The van der Waals surface area contributed by atoms with Gasteiger partial charge in [0, 0.05) is 49.7 Å². The standard InChI is InChI=1S/C22H24N4O2/c1-25(14-19-12-17-5-3-4-6-20(17)26(19)2)21(27)8-7-16-11-18-15-28-10-9-23-22(18)24-13-16/h3-8,11-13H,9-10,14-15H2,1-2H3,(H,23,24). The number of fused-ring (bicyclic) bond motifs is 2. The molecule has 3 heterocycles. The van der Waals surface area contributed by atoms with Gasteiger partial charge in [-0.25, -0.2) is 4.98 Å². The van der Waals surface area contributed by atoms with E-state index in [4.69, 9.17) is 4.74 Å². The highest BCUT2D eigenvalue weighted by Gasteiger charge is 2.12. The van der Waals surface area contributed by atoms with Gasteiger partial charge in [0.15, 0.2) is 0 Å². The van der Waals surface area contributed by atoms with E-state index in [0.717, 1.165) is 29.2 Å². The number of nitrogens with one attached hydrogen (secondary N) is 1. The van der Waals surface area contributed by atoms with E-state index >= 15 is 0 Å². The number of pyridine rings is 1. The van der Waals surface area contributed by atoms with Crippen LogP contribution in [0.4, 0.5) is 5.82 Å². The lowest BCUT2D eigenvalue weighted by Crippen LogP contribution is -2.25. The zero-order chi connectivity index (χ0) is 19.5. The maximum absolute atomic E-state index is 12.6.